The number of unbranched alkanes of at least 4 members (excludes halogenated alkanes) is 47. The summed E-state index contributed by atoms with van der Waals surface area (Å²) in [6.45, 7) is 4.93. The summed E-state index contributed by atoms with van der Waals surface area (Å²) < 4.78 is 68.5. The summed E-state index contributed by atoms with van der Waals surface area (Å²) in [4.78, 5) is 72.8. The molecule has 0 saturated heterocycles. The number of carbonyl (C=O) groups excluding carboxylic acids is 4. The van der Waals surface area contributed by atoms with Gasteiger partial charge in [0.05, 0.1) is 26.4 Å². The Kier molecular flexibility index (Phi) is 69.1. The molecule has 0 aromatic heterocycles. The fourth-order valence-corrected chi connectivity index (χ4v) is 13.0. The third kappa shape index (κ3) is 70.0. The van der Waals surface area contributed by atoms with E-state index in [0.717, 1.165) is 109 Å². The van der Waals surface area contributed by atoms with E-state index in [4.69, 9.17) is 37.0 Å². The number of phosphoric acid groups is 2. The van der Waals surface area contributed by atoms with Crippen LogP contribution in [-0.2, 0) is 65.4 Å². The highest BCUT2D eigenvalue weighted by Crippen LogP contribution is 2.45. The Morgan fingerprint density at radius 3 is 0.760 bits per heavy atom. The van der Waals surface area contributed by atoms with Crippen molar-refractivity contribution in [1.29, 1.82) is 0 Å². The van der Waals surface area contributed by atoms with Gasteiger partial charge in [0.2, 0.25) is 0 Å². The van der Waals surface area contributed by atoms with Gasteiger partial charge in [0.1, 0.15) is 19.3 Å². The van der Waals surface area contributed by atoms with Crippen molar-refractivity contribution in [2.24, 2.45) is 0 Å². The van der Waals surface area contributed by atoms with Gasteiger partial charge in [-0.15, -0.1) is 0 Å². The summed E-state index contributed by atoms with van der Waals surface area (Å²) in [5.41, 5.74) is 0. The van der Waals surface area contributed by atoms with Crippen molar-refractivity contribution in [3.05, 3.63) is 24.3 Å². The molecule has 17 nitrogen and oxygen atoms in total. The van der Waals surface area contributed by atoms with Gasteiger partial charge in [-0.05, 0) is 51.4 Å². The molecule has 0 aliphatic carbocycles. The normalized spacial score (nSPS) is 14.0. The molecule has 0 aromatic carbocycles. The summed E-state index contributed by atoms with van der Waals surface area (Å²) in [6.07, 6.45) is 64.4. The maximum Gasteiger partial charge on any atom is 0.472 e. The first kappa shape index (κ1) is 93.5. The fourth-order valence-electron chi connectivity index (χ4n) is 11.4. The lowest BCUT2D eigenvalue weighted by Crippen LogP contribution is -2.30. The van der Waals surface area contributed by atoms with Gasteiger partial charge in [-0.3, -0.25) is 37.3 Å². The first-order valence-corrected chi connectivity index (χ1v) is 42.6. The number of hydrogen-bond donors (Lipinski definition) is 3. The van der Waals surface area contributed by atoms with Crippen molar-refractivity contribution in [1.82, 2.24) is 0 Å². The van der Waals surface area contributed by atoms with E-state index in [1.165, 1.54) is 199 Å². The summed E-state index contributed by atoms with van der Waals surface area (Å²) in [6, 6.07) is 0. The van der Waals surface area contributed by atoms with Crippen LogP contribution < -0.4 is 0 Å². The maximum atomic E-state index is 13.1. The van der Waals surface area contributed by atoms with Gasteiger partial charge in [0, 0.05) is 25.7 Å². The number of rotatable bonds is 76. The molecule has 0 rings (SSSR count). The van der Waals surface area contributed by atoms with Crippen molar-refractivity contribution in [3.8, 4) is 0 Å². The van der Waals surface area contributed by atoms with E-state index >= 15 is 0 Å². The molecule has 0 fully saturated rings. The lowest BCUT2D eigenvalue weighted by atomic mass is 10.0. The summed E-state index contributed by atoms with van der Waals surface area (Å²) in [7, 11) is -9.92. The topological polar surface area (TPSA) is 237 Å². The molecule has 96 heavy (non-hydrogen) atoms. The minimum Gasteiger partial charge on any atom is -0.462 e. The average Bonchev–Trinajstić information content (AvgIpc) is 2.76. The molecule has 0 radical (unpaired) electrons. The average molecular weight is 1410 g/mol. The van der Waals surface area contributed by atoms with Crippen molar-refractivity contribution in [3.63, 3.8) is 0 Å². The molecule has 0 aliphatic rings. The quantitative estimate of drug-likeness (QED) is 0.0169. The summed E-state index contributed by atoms with van der Waals surface area (Å²) in [5, 5.41) is 10.6. The molecular weight excluding hydrogens is 1260 g/mol. The number of phosphoric ester groups is 2. The standard InChI is InChI=1S/C77H146O17P2/c1-5-9-13-17-21-25-29-33-35-36-38-40-44-48-52-56-60-64-77(82)94-73(68-88-75(80)62-58-54-50-46-43-39-37-34-30-26-22-18-14-10-6-2)70-92-96(85,86)90-66-71(78)65-89-95(83,84)91-69-72(93-76(81)63-59-55-51-47-42-32-28-24-20-16-12-8-4)67-87-74(79)61-57-53-49-45-41-31-27-23-19-15-11-7-3/h26,30,34,37,71-73,78H,5-25,27-29,31-33,35-36,38-70H2,1-4H3,(H,83,84)(H,85,86)/b30-26-,37-34-/t71-,72+,73+/m0/s1. The molecular formula is C77H146O17P2. The number of esters is 4. The van der Waals surface area contributed by atoms with Crippen LogP contribution in [0.1, 0.15) is 387 Å². The highest BCUT2D eigenvalue weighted by molar-refractivity contribution is 7.47. The second-order valence-corrected chi connectivity index (χ2v) is 30.0. The molecule has 0 bridgehead atoms. The fraction of sp³-hybridized carbons (Fsp3) is 0.896. The van der Waals surface area contributed by atoms with Crippen molar-refractivity contribution in [2.75, 3.05) is 39.6 Å². The van der Waals surface area contributed by atoms with Crippen LogP contribution in [0, 0.1) is 0 Å². The Balaban J connectivity index is 5.28. The molecule has 0 aliphatic heterocycles. The van der Waals surface area contributed by atoms with Crippen LogP contribution in [-0.4, -0.2) is 96.7 Å². The van der Waals surface area contributed by atoms with E-state index in [9.17, 15) is 43.2 Å². The molecule has 0 spiro atoms. The number of ether oxygens (including phenoxy) is 4. The third-order valence-electron chi connectivity index (χ3n) is 17.5. The lowest BCUT2D eigenvalue weighted by Gasteiger charge is -2.21. The van der Waals surface area contributed by atoms with Crippen LogP contribution in [0.15, 0.2) is 24.3 Å². The van der Waals surface area contributed by atoms with E-state index in [1.807, 2.05) is 0 Å². The molecule has 0 saturated carbocycles. The molecule has 0 heterocycles. The van der Waals surface area contributed by atoms with Crippen LogP contribution in [0.4, 0.5) is 0 Å². The van der Waals surface area contributed by atoms with Gasteiger partial charge in [-0.25, -0.2) is 9.13 Å². The molecule has 19 heteroatoms. The molecule has 3 N–H and O–H groups in total. The Hall–Kier alpha value is -2.46. The minimum absolute atomic E-state index is 0.102. The predicted molar refractivity (Wildman–Crippen MR) is 391 cm³/mol. The third-order valence-corrected chi connectivity index (χ3v) is 19.4. The first-order valence-electron chi connectivity index (χ1n) is 39.6. The van der Waals surface area contributed by atoms with Crippen LogP contribution in [0.3, 0.4) is 0 Å². The monoisotopic (exact) mass is 1410 g/mol. The van der Waals surface area contributed by atoms with Crippen molar-refractivity contribution in [2.45, 2.75) is 406 Å². The summed E-state index contributed by atoms with van der Waals surface area (Å²) >= 11 is 0. The number of aliphatic hydroxyl groups is 1. The van der Waals surface area contributed by atoms with E-state index in [1.54, 1.807) is 0 Å². The van der Waals surface area contributed by atoms with Crippen LogP contribution in [0.25, 0.3) is 0 Å². The Morgan fingerprint density at radius 2 is 0.500 bits per heavy atom. The molecule has 0 aromatic rings. The van der Waals surface area contributed by atoms with Crippen molar-refractivity contribution < 1.29 is 80.2 Å². The van der Waals surface area contributed by atoms with Gasteiger partial charge >= 0.3 is 39.5 Å². The van der Waals surface area contributed by atoms with Crippen LogP contribution in [0.5, 0.6) is 0 Å². The lowest BCUT2D eigenvalue weighted by molar-refractivity contribution is -0.161. The number of carbonyl (C=O) groups is 4. The van der Waals surface area contributed by atoms with Gasteiger partial charge in [-0.1, -0.05) is 335 Å². The largest absolute Gasteiger partial charge is 0.472 e. The highest BCUT2D eigenvalue weighted by atomic mass is 31.2. The van der Waals surface area contributed by atoms with Gasteiger partial charge in [0.25, 0.3) is 0 Å². The zero-order valence-corrected chi connectivity index (χ0v) is 63.6. The number of hydrogen-bond acceptors (Lipinski definition) is 15. The predicted octanol–water partition coefficient (Wildman–Crippen LogP) is 22.6. The molecule has 0 amide bonds. The Labute approximate surface area is 586 Å². The van der Waals surface area contributed by atoms with E-state index in [2.05, 4.69) is 52.0 Å². The minimum atomic E-state index is -4.96. The zero-order valence-electron chi connectivity index (χ0n) is 61.8. The summed E-state index contributed by atoms with van der Waals surface area (Å²) in [5.74, 6) is -2.14. The first-order chi connectivity index (χ1) is 46.7. The van der Waals surface area contributed by atoms with Crippen molar-refractivity contribution >= 4 is 39.5 Å². The molecule has 5 atom stereocenters. The maximum absolute atomic E-state index is 13.1. The van der Waals surface area contributed by atoms with Gasteiger partial charge in [0.15, 0.2) is 12.2 Å². The van der Waals surface area contributed by atoms with Gasteiger partial charge in [-0.2, -0.15) is 0 Å². The van der Waals surface area contributed by atoms with E-state index < -0.39 is 97.5 Å². The van der Waals surface area contributed by atoms with Crippen LogP contribution in [0.2, 0.25) is 0 Å². The number of allylic oxidation sites excluding steroid dienone is 4. The smallest absolute Gasteiger partial charge is 0.462 e. The SMILES string of the molecule is CCCCCC/C=C\C=C/CCCCCCCC(=O)OC[C@H](COP(=O)(O)OC[C@@H](O)COP(=O)(O)OC[C@@H](COC(=O)CCCCCCCCCCCCCC)OC(=O)CCCCCCCCCCCCCC)OC(=O)CCCCCCCCCCCCCCCCCCC. The Morgan fingerprint density at radius 1 is 0.292 bits per heavy atom. The second-order valence-electron chi connectivity index (χ2n) is 27.1. The highest BCUT2D eigenvalue weighted by Gasteiger charge is 2.30. The molecule has 566 valence electrons. The number of aliphatic hydroxyl groups excluding tert-OH is 1. The Bertz CT molecular complexity index is 1920. The second kappa shape index (κ2) is 71.0. The molecule has 2 unspecified atom stereocenters. The van der Waals surface area contributed by atoms with Gasteiger partial charge < -0.3 is 33.8 Å². The van der Waals surface area contributed by atoms with E-state index in [-0.39, 0.29) is 25.7 Å². The zero-order chi connectivity index (χ0) is 70.4. The van der Waals surface area contributed by atoms with E-state index in [0.29, 0.717) is 25.7 Å². The van der Waals surface area contributed by atoms with Crippen LogP contribution >= 0.6 is 15.6 Å².